The average molecular weight is 325 g/mol. The van der Waals surface area contributed by atoms with E-state index in [0.29, 0.717) is 23.9 Å². The van der Waals surface area contributed by atoms with E-state index < -0.39 is 5.97 Å². The van der Waals surface area contributed by atoms with E-state index in [1.165, 1.54) is 0 Å². The van der Waals surface area contributed by atoms with E-state index in [1.54, 1.807) is 24.3 Å². The monoisotopic (exact) mass is 325 g/mol. The van der Waals surface area contributed by atoms with E-state index in [-0.39, 0.29) is 17.9 Å². The summed E-state index contributed by atoms with van der Waals surface area (Å²) in [5.74, 6) is -0.662. The molecule has 0 aliphatic heterocycles. The van der Waals surface area contributed by atoms with Crippen molar-refractivity contribution < 1.29 is 20.1 Å². The molecule has 0 fully saturated rings. The molecule has 2 aromatic carbocycles. The summed E-state index contributed by atoms with van der Waals surface area (Å²) in [6.07, 6.45) is 0.481. The lowest BCUT2D eigenvalue weighted by Crippen LogP contribution is -2.07. The van der Waals surface area contributed by atoms with Crippen molar-refractivity contribution in [2.75, 3.05) is 0 Å². The number of aromatic hydroxyl groups is 2. The van der Waals surface area contributed by atoms with Crippen LogP contribution in [0.15, 0.2) is 42.5 Å². The summed E-state index contributed by atoms with van der Waals surface area (Å²) in [6, 6.07) is 12.2. The number of carboxylic acid groups (broad SMARTS) is 1. The van der Waals surface area contributed by atoms with E-state index in [0.717, 1.165) is 16.8 Å². The Hall–Kier alpha value is -2.95. The zero-order chi connectivity index (χ0) is 17.3. The van der Waals surface area contributed by atoms with Gasteiger partial charge in [-0.1, -0.05) is 31.2 Å². The third-order valence-corrected chi connectivity index (χ3v) is 4.27. The van der Waals surface area contributed by atoms with Crippen LogP contribution in [-0.2, 0) is 24.2 Å². The molecule has 3 rings (SSSR count). The molecule has 0 spiro atoms. The number of aromatic nitrogens is 1. The largest absolute Gasteiger partial charge is 0.508 e. The van der Waals surface area contributed by atoms with Crippen LogP contribution in [0.4, 0.5) is 0 Å². The van der Waals surface area contributed by atoms with Crippen LogP contribution in [0.2, 0.25) is 0 Å². The molecule has 1 heterocycles. The number of hydrogen-bond acceptors (Lipinski definition) is 3. The molecule has 3 N–H and O–H groups in total. The minimum atomic E-state index is -0.936. The number of para-hydroxylation sites is 1. The Balaban J connectivity index is 2.25. The van der Waals surface area contributed by atoms with Gasteiger partial charge in [-0.15, -0.1) is 0 Å². The predicted molar refractivity (Wildman–Crippen MR) is 91.5 cm³/mol. The van der Waals surface area contributed by atoms with Crippen LogP contribution >= 0.6 is 0 Å². The maximum Gasteiger partial charge on any atom is 0.307 e. The van der Waals surface area contributed by atoms with Gasteiger partial charge in [0.1, 0.15) is 11.5 Å². The molecule has 0 atom stereocenters. The van der Waals surface area contributed by atoms with Gasteiger partial charge in [-0.25, -0.2) is 0 Å². The van der Waals surface area contributed by atoms with Crippen LogP contribution in [0.25, 0.3) is 10.9 Å². The van der Waals surface area contributed by atoms with Gasteiger partial charge in [0, 0.05) is 16.6 Å². The molecule has 0 saturated heterocycles. The van der Waals surface area contributed by atoms with Gasteiger partial charge >= 0.3 is 5.97 Å². The molecule has 24 heavy (non-hydrogen) atoms. The van der Waals surface area contributed by atoms with E-state index in [4.69, 9.17) is 0 Å². The lowest BCUT2D eigenvalue weighted by Gasteiger charge is -2.12. The van der Waals surface area contributed by atoms with Crippen molar-refractivity contribution in [2.24, 2.45) is 0 Å². The molecular weight excluding hydrogens is 306 g/mol. The average Bonchev–Trinajstić information content (AvgIpc) is 2.83. The molecule has 124 valence electrons. The highest BCUT2D eigenvalue weighted by molar-refractivity contribution is 5.93. The number of carbonyl (C=O) groups is 1. The molecule has 5 heteroatoms. The molecule has 0 bridgehead atoms. The number of fused-ring (bicyclic) bond motifs is 1. The van der Waals surface area contributed by atoms with Crippen LogP contribution in [0.1, 0.15) is 23.7 Å². The number of aliphatic carboxylic acids is 1. The van der Waals surface area contributed by atoms with Crippen molar-refractivity contribution in [1.29, 1.82) is 0 Å². The van der Waals surface area contributed by atoms with Gasteiger partial charge in [-0.05, 0) is 30.2 Å². The molecule has 5 nitrogen and oxygen atoms in total. The Kier molecular flexibility index (Phi) is 4.16. The summed E-state index contributed by atoms with van der Waals surface area (Å²) >= 11 is 0. The summed E-state index contributed by atoms with van der Waals surface area (Å²) in [7, 11) is 0. The van der Waals surface area contributed by atoms with Crippen LogP contribution in [0.3, 0.4) is 0 Å². The van der Waals surface area contributed by atoms with Gasteiger partial charge in [-0.2, -0.15) is 0 Å². The second-order valence-electron chi connectivity index (χ2n) is 5.74. The van der Waals surface area contributed by atoms with Crippen molar-refractivity contribution in [1.82, 2.24) is 4.57 Å². The van der Waals surface area contributed by atoms with E-state index >= 15 is 0 Å². The van der Waals surface area contributed by atoms with Gasteiger partial charge in [-0.3, -0.25) is 4.79 Å². The molecule has 0 unspecified atom stereocenters. The van der Waals surface area contributed by atoms with Gasteiger partial charge in [0.05, 0.1) is 18.5 Å². The lowest BCUT2D eigenvalue weighted by atomic mass is 10.1. The minimum Gasteiger partial charge on any atom is -0.508 e. The summed E-state index contributed by atoms with van der Waals surface area (Å²) in [6.45, 7) is 2.37. The summed E-state index contributed by atoms with van der Waals surface area (Å²) < 4.78 is 1.97. The molecule has 0 aliphatic carbocycles. The normalized spacial score (nSPS) is 11.0. The molecule has 0 aliphatic rings. The first-order valence-electron chi connectivity index (χ1n) is 7.83. The van der Waals surface area contributed by atoms with Crippen LogP contribution in [-0.4, -0.2) is 25.9 Å². The first kappa shape index (κ1) is 15.9. The smallest absolute Gasteiger partial charge is 0.307 e. The highest BCUT2D eigenvalue weighted by atomic mass is 16.4. The number of nitrogens with zero attached hydrogens (tertiary/aromatic N) is 1. The van der Waals surface area contributed by atoms with E-state index in [9.17, 15) is 20.1 Å². The van der Waals surface area contributed by atoms with Gasteiger partial charge in [0.25, 0.3) is 0 Å². The Labute approximate surface area is 139 Å². The number of phenolic OH excluding ortho intramolecular Hbond substituents is 2. The highest BCUT2D eigenvalue weighted by Gasteiger charge is 2.21. The van der Waals surface area contributed by atoms with Crippen molar-refractivity contribution in [3.05, 3.63) is 59.3 Å². The van der Waals surface area contributed by atoms with Gasteiger partial charge in [0.2, 0.25) is 0 Å². The first-order valence-corrected chi connectivity index (χ1v) is 7.83. The summed E-state index contributed by atoms with van der Waals surface area (Å²) in [5.41, 5.74) is 3.01. The fourth-order valence-corrected chi connectivity index (χ4v) is 3.26. The second kappa shape index (κ2) is 6.28. The van der Waals surface area contributed by atoms with Crippen molar-refractivity contribution >= 4 is 16.9 Å². The molecule has 3 aromatic rings. The lowest BCUT2D eigenvalue weighted by molar-refractivity contribution is -0.136. The Morgan fingerprint density at radius 2 is 1.75 bits per heavy atom. The van der Waals surface area contributed by atoms with Crippen molar-refractivity contribution in [3.63, 3.8) is 0 Å². The van der Waals surface area contributed by atoms with E-state index in [1.807, 2.05) is 29.7 Å². The Morgan fingerprint density at radius 3 is 2.42 bits per heavy atom. The third kappa shape index (κ3) is 2.69. The molecule has 0 radical (unpaired) electrons. The maximum atomic E-state index is 11.3. The number of rotatable bonds is 5. The number of carboxylic acids is 1. The van der Waals surface area contributed by atoms with Gasteiger partial charge in [0.15, 0.2) is 0 Å². The summed E-state index contributed by atoms with van der Waals surface area (Å²) in [5, 5.41) is 30.1. The minimum absolute atomic E-state index is 0.0782. The van der Waals surface area contributed by atoms with Crippen molar-refractivity contribution in [2.45, 2.75) is 26.3 Å². The molecular formula is C19H19NO4. The number of benzene rings is 2. The molecule has 0 amide bonds. The van der Waals surface area contributed by atoms with Crippen LogP contribution in [0.5, 0.6) is 11.5 Å². The standard InChI is InChI=1S/C19H19NO4/c1-2-14-13(10-18(23)24)19-15(7-5-9-17(19)22)20(14)11-12-6-3-4-8-16(12)21/h3-9,21-22H,2,10-11H2,1H3,(H,23,24). The number of phenols is 2. The Morgan fingerprint density at radius 1 is 1.04 bits per heavy atom. The predicted octanol–water partition coefficient (Wildman–Crippen LogP) is 3.29. The zero-order valence-electron chi connectivity index (χ0n) is 13.4. The SMILES string of the molecule is CCc1c(CC(=O)O)c2c(O)cccc2n1Cc1ccccc1O. The molecule has 0 saturated carbocycles. The van der Waals surface area contributed by atoms with Gasteiger partial charge < -0.3 is 19.9 Å². The van der Waals surface area contributed by atoms with Crippen LogP contribution < -0.4 is 0 Å². The quantitative estimate of drug-likeness (QED) is 0.672. The zero-order valence-corrected chi connectivity index (χ0v) is 13.4. The van der Waals surface area contributed by atoms with E-state index in [2.05, 4.69) is 0 Å². The third-order valence-electron chi connectivity index (χ3n) is 4.27. The molecule has 1 aromatic heterocycles. The maximum absolute atomic E-state index is 11.3. The Bertz CT molecular complexity index is 911. The highest BCUT2D eigenvalue weighted by Crippen LogP contribution is 2.35. The fraction of sp³-hybridized carbons (Fsp3) is 0.211. The van der Waals surface area contributed by atoms with Crippen molar-refractivity contribution in [3.8, 4) is 11.5 Å². The second-order valence-corrected chi connectivity index (χ2v) is 5.74. The topological polar surface area (TPSA) is 82.7 Å². The fourth-order valence-electron chi connectivity index (χ4n) is 3.26. The van der Waals surface area contributed by atoms with Crippen LogP contribution in [0, 0.1) is 0 Å². The summed E-state index contributed by atoms with van der Waals surface area (Å²) in [4.78, 5) is 11.3. The number of hydrogen-bond donors (Lipinski definition) is 3. The first-order chi connectivity index (χ1) is 11.5.